The minimum absolute atomic E-state index is 0.0491. The van der Waals surface area contributed by atoms with E-state index in [1.165, 1.54) is 0 Å². The zero-order valence-corrected chi connectivity index (χ0v) is 19.4. The topological polar surface area (TPSA) is 67.5 Å². The third-order valence-corrected chi connectivity index (χ3v) is 6.15. The Balaban J connectivity index is 1.69. The Kier molecular flexibility index (Phi) is 7.00. The molecule has 3 N–H and O–H groups in total. The van der Waals surface area contributed by atoms with E-state index in [-0.39, 0.29) is 42.0 Å². The molecule has 1 aliphatic rings. The Labute approximate surface area is 208 Å². The van der Waals surface area contributed by atoms with E-state index in [4.69, 9.17) is 5.73 Å². The predicted molar refractivity (Wildman–Crippen MR) is 126 cm³/mol. The molecule has 0 saturated heterocycles. The number of nitrogen functional groups attached to an aromatic ring is 1. The van der Waals surface area contributed by atoms with Gasteiger partial charge in [-0.2, -0.15) is 36.3 Å². The first kappa shape index (κ1) is 26.2. The van der Waals surface area contributed by atoms with Gasteiger partial charge in [-0.15, -0.1) is 5.10 Å². The molecule has 1 atom stereocenters. The fourth-order valence-electron chi connectivity index (χ4n) is 4.39. The average Bonchev–Trinajstić information content (AvgIpc) is 3.11. The molecule has 1 aliphatic heterocycles. The molecule has 0 bridgehead atoms. The molecule has 3 aromatic rings. The summed E-state index contributed by atoms with van der Waals surface area (Å²) in [5, 5.41) is 4.16. The predicted octanol–water partition coefficient (Wildman–Crippen LogP) is 6.49. The van der Waals surface area contributed by atoms with E-state index >= 15 is 0 Å². The fraction of sp³-hybridized carbons (Fsp3) is 0.231. The van der Waals surface area contributed by atoms with Crippen molar-refractivity contribution >= 4 is 17.6 Å². The summed E-state index contributed by atoms with van der Waals surface area (Å²) in [6.45, 7) is 0.317. The van der Waals surface area contributed by atoms with E-state index in [1.807, 2.05) is 18.2 Å². The number of nitrogens with two attached hydrogens (primary N) is 1. The zero-order valence-electron chi connectivity index (χ0n) is 19.4. The molecule has 0 aromatic heterocycles. The Morgan fingerprint density at radius 3 is 1.92 bits per heavy atom. The van der Waals surface area contributed by atoms with Crippen molar-refractivity contribution in [2.75, 3.05) is 5.73 Å². The quantitative estimate of drug-likeness (QED) is 0.212. The lowest BCUT2D eigenvalue weighted by Crippen LogP contribution is -2.54. The summed E-state index contributed by atoms with van der Waals surface area (Å²) in [7, 11) is 0. The van der Waals surface area contributed by atoms with Crippen LogP contribution in [0.25, 0.3) is 0 Å². The number of hydrogen-bond donors (Lipinski definition) is 2. The van der Waals surface area contributed by atoms with Gasteiger partial charge in [-0.05, 0) is 42.3 Å². The second-order valence-electron chi connectivity index (χ2n) is 8.87. The molecule has 11 heteroatoms. The van der Waals surface area contributed by atoms with Gasteiger partial charge in [-0.1, -0.05) is 42.5 Å². The van der Waals surface area contributed by atoms with Crippen molar-refractivity contribution < 1.29 is 35.6 Å². The number of halogens is 6. The van der Waals surface area contributed by atoms with Crippen molar-refractivity contribution in [1.29, 1.82) is 0 Å². The summed E-state index contributed by atoms with van der Waals surface area (Å²) >= 11 is 0. The van der Waals surface area contributed by atoms with Crippen LogP contribution in [0.3, 0.4) is 0 Å². The first-order chi connectivity index (χ1) is 17.4. The van der Waals surface area contributed by atoms with Crippen molar-refractivity contribution in [3.63, 3.8) is 0 Å². The highest BCUT2D eigenvalue weighted by Gasteiger charge is 2.47. The number of carbonyl (C=O) groups is 1. The zero-order chi connectivity index (χ0) is 26.8. The first-order valence-corrected chi connectivity index (χ1v) is 11.3. The average molecular weight is 521 g/mol. The number of nitrogens with one attached hydrogen (secondary N) is 1. The molecule has 0 spiro atoms. The summed E-state index contributed by atoms with van der Waals surface area (Å²) in [4.78, 5) is 13.2. The number of aryl methyl sites for hydroxylation is 1. The van der Waals surface area contributed by atoms with Crippen molar-refractivity contribution in [3.05, 3.63) is 101 Å². The maximum absolute atomic E-state index is 13.3. The van der Waals surface area contributed by atoms with E-state index in [2.05, 4.69) is 10.5 Å². The molecular weight excluding hydrogens is 498 g/mol. The summed E-state index contributed by atoms with van der Waals surface area (Å²) in [6.07, 6.45) is -10.1. The van der Waals surface area contributed by atoms with Crippen LogP contribution in [-0.4, -0.2) is 16.3 Å². The van der Waals surface area contributed by atoms with Crippen LogP contribution in [0, 0.1) is 0 Å². The van der Waals surface area contributed by atoms with Gasteiger partial charge in [0, 0.05) is 23.2 Å². The lowest BCUT2D eigenvalue weighted by atomic mass is 10.0. The van der Waals surface area contributed by atoms with Crippen molar-refractivity contribution in [3.8, 4) is 0 Å². The lowest BCUT2D eigenvalue weighted by Gasteiger charge is -2.31. The van der Waals surface area contributed by atoms with Crippen molar-refractivity contribution in [1.82, 2.24) is 5.43 Å². The van der Waals surface area contributed by atoms with E-state index in [0.29, 0.717) is 23.7 Å². The Bertz CT molecular complexity index is 1290. The van der Waals surface area contributed by atoms with Crippen LogP contribution in [-0.2, 0) is 31.9 Å². The van der Waals surface area contributed by atoms with Crippen LogP contribution in [0.2, 0.25) is 0 Å². The van der Waals surface area contributed by atoms with Crippen LogP contribution >= 0.6 is 0 Å². The maximum atomic E-state index is 13.3. The standard InChI is InChI=1S/C26H22F6N4O/c27-25(28,29)20-11-18(12-21(14-20)26(30,31)32)9-10-23-34-35-24(37)36(23,15-17-5-2-1-3-6-17)16-19-7-4-8-22(33)13-19/h1-8,11-14H,9-10,15-16,33H2/p+1. The molecule has 5 nitrogen and oxygen atoms in total. The Hall–Kier alpha value is -3.86. The van der Waals surface area contributed by atoms with Crippen molar-refractivity contribution in [2.45, 2.75) is 38.3 Å². The molecule has 1 heterocycles. The van der Waals surface area contributed by atoms with Crippen molar-refractivity contribution in [2.24, 2.45) is 5.10 Å². The van der Waals surface area contributed by atoms with E-state index in [9.17, 15) is 31.1 Å². The number of carbonyl (C=O) groups excluding carboxylic acids is 1. The number of benzene rings is 3. The van der Waals surface area contributed by atoms with Gasteiger partial charge < -0.3 is 5.73 Å². The number of amidine groups is 1. The number of amides is 2. The maximum Gasteiger partial charge on any atom is 0.443 e. The Morgan fingerprint density at radius 1 is 0.730 bits per heavy atom. The van der Waals surface area contributed by atoms with E-state index < -0.39 is 29.5 Å². The molecule has 1 unspecified atom stereocenters. The summed E-state index contributed by atoms with van der Waals surface area (Å²) in [6, 6.07) is 17.0. The number of alkyl halides is 6. The van der Waals surface area contributed by atoms with Crippen LogP contribution < -0.4 is 11.2 Å². The van der Waals surface area contributed by atoms with Gasteiger partial charge in [0.2, 0.25) is 5.84 Å². The highest BCUT2D eigenvalue weighted by atomic mass is 19.4. The van der Waals surface area contributed by atoms with Crippen LogP contribution in [0.4, 0.5) is 36.8 Å². The second kappa shape index (κ2) is 9.89. The number of hydrogen-bond acceptors (Lipinski definition) is 3. The minimum atomic E-state index is -4.95. The highest BCUT2D eigenvalue weighted by Crippen LogP contribution is 2.37. The van der Waals surface area contributed by atoms with E-state index in [0.717, 1.165) is 11.1 Å². The molecule has 37 heavy (non-hydrogen) atoms. The van der Waals surface area contributed by atoms with Gasteiger partial charge in [-0.3, -0.25) is 0 Å². The largest absolute Gasteiger partial charge is 0.443 e. The van der Waals surface area contributed by atoms with Crippen LogP contribution in [0.5, 0.6) is 0 Å². The van der Waals surface area contributed by atoms with Gasteiger partial charge in [0.25, 0.3) is 0 Å². The lowest BCUT2D eigenvalue weighted by molar-refractivity contribution is -0.785. The van der Waals surface area contributed by atoms with Crippen LogP contribution in [0.1, 0.15) is 34.2 Å². The monoisotopic (exact) mass is 521 g/mol. The van der Waals surface area contributed by atoms with Gasteiger partial charge in [0.15, 0.2) is 0 Å². The summed E-state index contributed by atoms with van der Waals surface area (Å²) in [5.74, 6) is 0.294. The molecule has 3 aromatic carbocycles. The number of anilines is 1. The van der Waals surface area contributed by atoms with Gasteiger partial charge in [0.1, 0.15) is 13.1 Å². The van der Waals surface area contributed by atoms with E-state index in [1.54, 1.807) is 36.4 Å². The SMILES string of the molecule is Nc1cccc(C[N+]2(Cc3ccccc3)C(=O)NN=C2CCc2cc(C(F)(F)F)cc(C(F)(F)F)c2)c1. The Morgan fingerprint density at radius 2 is 1.32 bits per heavy atom. The molecule has 0 saturated carbocycles. The molecule has 194 valence electrons. The highest BCUT2D eigenvalue weighted by molar-refractivity contribution is 5.91. The number of urea groups is 1. The first-order valence-electron chi connectivity index (χ1n) is 11.3. The normalized spacial score (nSPS) is 18.0. The molecule has 4 rings (SSSR count). The fourth-order valence-corrected chi connectivity index (χ4v) is 4.39. The van der Waals surface area contributed by atoms with Gasteiger partial charge >= 0.3 is 18.4 Å². The molecule has 0 fully saturated rings. The smallest absolute Gasteiger partial charge is 0.399 e. The molecular formula is C26H23F6N4O+. The number of rotatable bonds is 7. The van der Waals surface area contributed by atoms with Crippen LogP contribution in [0.15, 0.2) is 77.9 Å². The third-order valence-electron chi connectivity index (χ3n) is 6.15. The van der Waals surface area contributed by atoms with Gasteiger partial charge in [-0.25, -0.2) is 4.79 Å². The molecule has 0 radical (unpaired) electrons. The number of quaternary nitrogens is 1. The summed E-state index contributed by atoms with van der Waals surface area (Å²) in [5.41, 5.74) is 7.44. The minimum Gasteiger partial charge on any atom is -0.399 e. The van der Waals surface area contributed by atoms with Gasteiger partial charge in [0.05, 0.1) is 11.1 Å². The molecule has 2 amide bonds. The third kappa shape index (κ3) is 5.93. The second-order valence-corrected chi connectivity index (χ2v) is 8.87. The number of nitrogens with zero attached hydrogens (tertiary/aromatic N) is 2. The number of hydrazone groups is 1. The summed E-state index contributed by atoms with van der Waals surface area (Å²) < 4.78 is 79.5. The molecule has 0 aliphatic carbocycles.